The molecule has 1 nitrogen and oxygen atoms in total. The van der Waals surface area contributed by atoms with Gasteiger partial charge in [-0.3, -0.25) is 0 Å². The van der Waals surface area contributed by atoms with Crippen molar-refractivity contribution in [1.29, 1.82) is 0 Å². The molecule has 0 radical (unpaired) electrons. The van der Waals surface area contributed by atoms with Crippen LogP contribution in [0, 0.1) is 5.92 Å². The number of hydrogen-bond donors (Lipinski definition) is 0. The van der Waals surface area contributed by atoms with Crippen molar-refractivity contribution in [3.8, 4) is 0 Å². The molecule has 0 bridgehead atoms. The van der Waals surface area contributed by atoms with E-state index in [1.165, 1.54) is 6.42 Å². The van der Waals surface area contributed by atoms with E-state index in [-0.39, 0.29) is 5.60 Å². The van der Waals surface area contributed by atoms with Crippen molar-refractivity contribution in [2.24, 2.45) is 5.92 Å². The average molecular weight is 128 g/mol. The van der Waals surface area contributed by atoms with E-state index in [1.54, 1.807) is 0 Å². The lowest BCUT2D eigenvalue weighted by molar-refractivity contribution is -0.0207. The van der Waals surface area contributed by atoms with Gasteiger partial charge in [0.15, 0.2) is 0 Å². The van der Waals surface area contributed by atoms with Gasteiger partial charge < -0.3 is 4.74 Å². The zero-order valence-electron chi connectivity index (χ0n) is 6.77. The third-order valence-electron chi connectivity index (χ3n) is 1.54. The Morgan fingerprint density at radius 1 is 1.33 bits per heavy atom. The summed E-state index contributed by atoms with van der Waals surface area (Å²) in [6.45, 7) is 8.56. The van der Waals surface area contributed by atoms with Gasteiger partial charge in [0.25, 0.3) is 0 Å². The minimum Gasteiger partial charge on any atom is -0.372 e. The fourth-order valence-electron chi connectivity index (χ4n) is 0.906. The molecule has 54 valence electrons. The van der Waals surface area contributed by atoms with Crippen molar-refractivity contribution in [1.82, 2.24) is 0 Å². The molecule has 0 aromatic rings. The Hall–Kier alpha value is -0.0400. The molecule has 1 aliphatic carbocycles. The average Bonchev–Trinajstić information content (AvgIpc) is 2.13. The molecule has 0 saturated heterocycles. The van der Waals surface area contributed by atoms with Crippen molar-refractivity contribution in [2.45, 2.75) is 45.8 Å². The first kappa shape index (κ1) is 7.07. The number of hydrogen-bond acceptors (Lipinski definition) is 1. The second kappa shape index (κ2) is 1.98. The molecule has 1 fully saturated rings. The quantitative estimate of drug-likeness (QED) is 0.526. The van der Waals surface area contributed by atoms with Crippen LogP contribution in [0.15, 0.2) is 0 Å². The summed E-state index contributed by atoms with van der Waals surface area (Å²) in [5.74, 6) is 0.809. The topological polar surface area (TPSA) is 9.23 Å². The largest absolute Gasteiger partial charge is 0.372 e. The first-order valence-electron chi connectivity index (χ1n) is 3.67. The van der Waals surface area contributed by atoms with Crippen LogP contribution >= 0.6 is 0 Å². The lowest BCUT2D eigenvalue weighted by Crippen LogP contribution is -2.20. The molecular formula is C8H16O. The number of rotatable bonds is 1. The monoisotopic (exact) mass is 128 g/mol. The Morgan fingerprint density at radius 2 is 1.78 bits per heavy atom. The fraction of sp³-hybridized carbons (Fsp3) is 1.00. The van der Waals surface area contributed by atoms with Gasteiger partial charge in [0.2, 0.25) is 0 Å². The van der Waals surface area contributed by atoms with Crippen LogP contribution in [-0.2, 0) is 4.74 Å². The van der Waals surface area contributed by atoms with E-state index >= 15 is 0 Å². The van der Waals surface area contributed by atoms with Crippen LogP contribution in [0.3, 0.4) is 0 Å². The minimum absolute atomic E-state index is 0.0649. The van der Waals surface area contributed by atoms with Crippen LogP contribution in [-0.4, -0.2) is 11.7 Å². The van der Waals surface area contributed by atoms with Crippen molar-refractivity contribution in [3.05, 3.63) is 0 Å². The van der Waals surface area contributed by atoms with E-state index in [1.807, 2.05) is 0 Å². The van der Waals surface area contributed by atoms with Crippen molar-refractivity contribution in [2.75, 3.05) is 0 Å². The van der Waals surface area contributed by atoms with Gasteiger partial charge in [0.05, 0.1) is 11.7 Å². The smallest absolute Gasteiger partial charge is 0.0612 e. The van der Waals surface area contributed by atoms with Crippen molar-refractivity contribution >= 4 is 0 Å². The molecule has 0 aromatic heterocycles. The maximum Gasteiger partial charge on any atom is 0.0612 e. The van der Waals surface area contributed by atoms with E-state index in [4.69, 9.17) is 4.74 Å². The van der Waals surface area contributed by atoms with Crippen LogP contribution in [0.2, 0.25) is 0 Å². The van der Waals surface area contributed by atoms with Crippen molar-refractivity contribution in [3.63, 3.8) is 0 Å². The molecule has 0 spiro atoms. The highest BCUT2D eigenvalue weighted by Crippen LogP contribution is 2.35. The second-order valence-corrected chi connectivity index (χ2v) is 3.98. The van der Waals surface area contributed by atoms with Gasteiger partial charge in [-0.15, -0.1) is 0 Å². The van der Waals surface area contributed by atoms with Crippen LogP contribution < -0.4 is 0 Å². The molecule has 0 aromatic carbocycles. The van der Waals surface area contributed by atoms with Gasteiger partial charge >= 0.3 is 0 Å². The minimum atomic E-state index is 0.0649. The molecule has 0 heterocycles. The summed E-state index contributed by atoms with van der Waals surface area (Å²) in [5, 5.41) is 0. The third kappa shape index (κ3) is 2.35. The molecule has 1 aliphatic rings. The molecule has 0 N–H and O–H groups in total. The SMILES string of the molecule is CC1CC1OC(C)(C)C. The molecule has 0 aliphatic heterocycles. The lowest BCUT2D eigenvalue weighted by atomic mass is 10.2. The normalized spacial score (nSPS) is 34.7. The van der Waals surface area contributed by atoms with Gasteiger partial charge in [-0.2, -0.15) is 0 Å². The summed E-state index contributed by atoms with van der Waals surface area (Å²) < 4.78 is 5.66. The predicted molar refractivity (Wildman–Crippen MR) is 38.4 cm³/mol. The highest BCUT2D eigenvalue weighted by atomic mass is 16.5. The molecular weight excluding hydrogens is 112 g/mol. The van der Waals surface area contributed by atoms with E-state index in [9.17, 15) is 0 Å². The predicted octanol–water partition coefficient (Wildman–Crippen LogP) is 2.21. The summed E-state index contributed by atoms with van der Waals surface area (Å²) in [7, 11) is 0. The summed E-state index contributed by atoms with van der Waals surface area (Å²) >= 11 is 0. The molecule has 9 heavy (non-hydrogen) atoms. The van der Waals surface area contributed by atoms with Gasteiger partial charge in [-0.1, -0.05) is 6.92 Å². The Bertz CT molecular complexity index is 102. The maximum atomic E-state index is 5.66. The molecule has 0 amide bonds. The molecule has 1 heteroatoms. The second-order valence-electron chi connectivity index (χ2n) is 3.98. The van der Waals surface area contributed by atoms with E-state index in [0.717, 1.165) is 5.92 Å². The first-order chi connectivity index (χ1) is 3.99. The Labute approximate surface area is 57.4 Å². The summed E-state index contributed by atoms with van der Waals surface area (Å²) in [5.41, 5.74) is 0.0649. The Balaban J connectivity index is 2.19. The highest BCUT2D eigenvalue weighted by molar-refractivity contribution is 4.85. The standard InChI is InChI=1S/C8H16O/c1-6-5-7(6)9-8(2,3)4/h6-7H,5H2,1-4H3. The van der Waals surface area contributed by atoms with Crippen LogP contribution in [0.4, 0.5) is 0 Å². The summed E-state index contributed by atoms with van der Waals surface area (Å²) in [6, 6.07) is 0. The van der Waals surface area contributed by atoms with Gasteiger partial charge in [0, 0.05) is 0 Å². The lowest BCUT2D eigenvalue weighted by Gasteiger charge is -2.19. The summed E-state index contributed by atoms with van der Waals surface area (Å²) in [6.07, 6.45) is 1.82. The van der Waals surface area contributed by atoms with Crippen LogP contribution in [0.25, 0.3) is 0 Å². The molecule has 1 saturated carbocycles. The van der Waals surface area contributed by atoms with E-state index in [2.05, 4.69) is 27.7 Å². The zero-order valence-corrected chi connectivity index (χ0v) is 6.77. The van der Waals surface area contributed by atoms with Gasteiger partial charge in [-0.25, -0.2) is 0 Å². The number of ether oxygens (including phenoxy) is 1. The molecule has 1 rings (SSSR count). The maximum absolute atomic E-state index is 5.66. The van der Waals surface area contributed by atoms with E-state index in [0.29, 0.717) is 6.10 Å². The highest BCUT2D eigenvalue weighted by Gasteiger charge is 2.36. The van der Waals surface area contributed by atoms with Gasteiger partial charge in [0.1, 0.15) is 0 Å². The third-order valence-corrected chi connectivity index (χ3v) is 1.54. The Morgan fingerprint density at radius 3 is 1.89 bits per heavy atom. The Kier molecular flexibility index (Phi) is 1.55. The van der Waals surface area contributed by atoms with Crippen molar-refractivity contribution < 1.29 is 4.74 Å². The zero-order chi connectivity index (χ0) is 7.07. The molecule has 2 unspecified atom stereocenters. The van der Waals surface area contributed by atoms with Crippen LogP contribution in [0.5, 0.6) is 0 Å². The van der Waals surface area contributed by atoms with E-state index < -0.39 is 0 Å². The fourth-order valence-corrected chi connectivity index (χ4v) is 0.906. The molecule has 2 atom stereocenters. The van der Waals surface area contributed by atoms with Gasteiger partial charge in [-0.05, 0) is 33.1 Å². The summed E-state index contributed by atoms with van der Waals surface area (Å²) in [4.78, 5) is 0. The first-order valence-corrected chi connectivity index (χ1v) is 3.67. The van der Waals surface area contributed by atoms with Crippen LogP contribution in [0.1, 0.15) is 34.1 Å².